The van der Waals surface area contributed by atoms with Gasteiger partial charge in [-0.2, -0.15) is 0 Å². The Balaban J connectivity index is 1.41. The molecule has 2 amide bonds. The van der Waals surface area contributed by atoms with Crippen molar-refractivity contribution in [2.75, 3.05) is 13.1 Å². The number of benzene rings is 2. The Kier molecular flexibility index (Phi) is 8.87. The number of amides is 2. The molecule has 3 aromatic rings. The maximum atomic E-state index is 13.9. The second-order valence-corrected chi connectivity index (χ2v) is 11.5. The quantitative estimate of drug-likeness (QED) is 0.344. The molecular weight excluding hydrogens is 534 g/mol. The fourth-order valence-electron chi connectivity index (χ4n) is 5.65. The maximum absolute atomic E-state index is 13.9. The number of nitrogens with zero attached hydrogens (tertiary/aromatic N) is 2. The van der Waals surface area contributed by atoms with Crippen LogP contribution in [0.1, 0.15) is 80.7 Å². The van der Waals surface area contributed by atoms with Gasteiger partial charge in [0.25, 0.3) is 18.2 Å². The van der Waals surface area contributed by atoms with E-state index in [2.05, 4.69) is 15.6 Å². The monoisotopic (exact) mass is 568 g/mol. The molecule has 3 heterocycles. The molecule has 10 heteroatoms. The van der Waals surface area contributed by atoms with Crippen molar-refractivity contribution in [3.63, 3.8) is 0 Å². The van der Waals surface area contributed by atoms with Crippen LogP contribution in [0.25, 0.3) is 0 Å². The highest BCUT2D eigenvalue weighted by molar-refractivity contribution is 7.09. The lowest BCUT2D eigenvalue weighted by molar-refractivity contribution is 0.0732. The van der Waals surface area contributed by atoms with Gasteiger partial charge in [-0.1, -0.05) is 30.3 Å². The number of aliphatic hydroxyl groups is 1. The van der Waals surface area contributed by atoms with E-state index in [4.69, 9.17) is 0 Å². The molecule has 2 fully saturated rings. The van der Waals surface area contributed by atoms with Crippen LogP contribution >= 0.6 is 11.3 Å². The number of carbonyl (C=O) groups is 2. The number of carbonyl (C=O) groups excluding carboxylic acids is 2. The van der Waals surface area contributed by atoms with Crippen LogP contribution in [0.15, 0.2) is 53.9 Å². The van der Waals surface area contributed by atoms with Crippen molar-refractivity contribution < 1.29 is 23.5 Å². The van der Waals surface area contributed by atoms with Crippen LogP contribution in [0.2, 0.25) is 0 Å². The molecule has 1 aromatic heterocycles. The van der Waals surface area contributed by atoms with Gasteiger partial charge in [-0.15, -0.1) is 11.3 Å². The van der Waals surface area contributed by atoms with E-state index in [-0.39, 0.29) is 23.2 Å². The first-order valence-electron chi connectivity index (χ1n) is 13.7. The normalized spacial score (nSPS) is 20.6. The fourth-order valence-corrected chi connectivity index (χ4v) is 6.59. The SMILES string of the molecule is Cc1csc(C2CCCN2C(=O)c2cc(C(=O)N[C@@H](Cc3ccccc3)[C@H](O)C3CCCN3)cc(C(F)F)c2)n1. The average molecular weight is 569 g/mol. The minimum atomic E-state index is -2.86. The third-order valence-electron chi connectivity index (χ3n) is 7.69. The van der Waals surface area contributed by atoms with Crippen molar-refractivity contribution in [1.82, 2.24) is 20.5 Å². The van der Waals surface area contributed by atoms with Gasteiger partial charge >= 0.3 is 0 Å². The highest BCUT2D eigenvalue weighted by Gasteiger charge is 2.34. The molecule has 0 aliphatic carbocycles. The number of halogens is 2. The van der Waals surface area contributed by atoms with E-state index >= 15 is 0 Å². The molecule has 212 valence electrons. The van der Waals surface area contributed by atoms with Crippen molar-refractivity contribution in [3.05, 3.63) is 86.9 Å². The Bertz CT molecular complexity index is 1330. The highest BCUT2D eigenvalue weighted by atomic mass is 32.1. The predicted octanol–water partition coefficient (Wildman–Crippen LogP) is 4.82. The molecule has 7 nitrogen and oxygen atoms in total. The summed E-state index contributed by atoms with van der Waals surface area (Å²) in [5.74, 6) is -1.01. The number of thiazole rings is 1. The maximum Gasteiger partial charge on any atom is 0.263 e. The molecule has 2 aliphatic heterocycles. The third-order valence-corrected chi connectivity index (χ3v) is 8.75. The summed E-state index contributed by atoms with van der Waals surface area (Å²) in [5.41, 5.74) is 1.42. The van der Waals surface area contributed by atoms with Gasteiger partial charge in [-0.3, -0.25) is 9.59 Å². The molecule has 3 N–H and O–H groups in total. The van der Waals surface area contributed by atoms with Crippen LogP contribution in [-0.2, 0) is 6.42 Å². The number of likely N-dealkylation sites (tertiary alicyclic amines) is 1. The average Bonchev–Trinajstić information content (AvgIpc) is 3.74. The zero-order valence-electron chi connectivity index (χ0n) is 22.4. The summed E-state index contributed by atoms with van der Waals surface area (Å²) in [5, 5.41) is 20.1. The van der Waals surface area contributed by atoms with E-state index < -0.39 is 35.9 Å². The molecular formula is C30H34F2N4O3S. The zero-order chi connectivity index (χ0) is 28.2. The van der Waals surface area contributed by atoms with Crippen LogP contribution in [0, 0.1) is 6.92 Å². The third kappa shape index (κ3) is 6.40. The Morgan fingerprint density at radius 2 is 1.93 bits per heavy atom. The smallest absolute Gasteiger partial charge is 0.263 e. The van der Waals surface area contributed by atoms with Crippen molar-refractivity contribution >= 4 is 23.2 Å². The van der Waals surface area contributed by atoms with Gasteiger partial charge in [-0.25, -0.2) is 13.8 Å². The van der Waals surface area contributed by atoms with E-state index in [0.29, 0.717) is 13.0 Å². The Morgan fingerprint density at radius 1 is 1.15 bits per heavy atom. The van der Waals surface area contributed by atoms with Crippen LogP contribution in [-0.4, -0.2) is 58.1 Å². The lowest BCUT2D eigenvalue weighted by Gasteiger charge is -2.29. The Labute approximate surface area is 236 Å². The van der Waals surface area contributed by atoms with Crippen LogP contribution in [0.5, 0.6) is 0 Å². The van der Waals surface area contributed by atoms with Gasteiger partial charge in [0.1, 0.15) is 5.01 Å². The number of aromatic nitrogens is 1. The summed E-state index contributed by atoms with van der Waals surface area (Å²) < 4.78 is 27.9. The Hall–Kier alpha value is -3.21. The second-order valence-electron chi connectivity index (χ2n) is 10.6. The Morgan fingerprint density at radius 3 is 2.60 bits per heavy atom. The summed E-state index contributed by atoms with van der Waals surface area (Å²) in [6, 6.07) is 12.1. The number of nitrogens with one attached hydrogen (secondary N) is 2. The standard InChI is InChI=1S/C30H34F2N4O3S/c1-18-17-40-29(34-18)25-10-6-12-36(25)30(39)22-15-20(27(31)32)14-21(16-22)28(38)35-24(13-19-7-3-2-4-8-19)26(37)23-9-5-11-33-23/h2-4,7-8,14-17,23-27,33,37H,5-6,9-13H2,1H3,(H,35,38)/t23?,24-,25?,26+/m0/s1. The molecule has 0 bridgehead atoms. The summed E-state index contributed by atoms with van der Waals surface area (Å²) in [6.07, 6.45) is -0.137. The largest absolute Gasteiger partial charge is 0.389 e. The van der Waals surface area contributed by atoms with Crippen LogP contribution < -0.4 is 10.6 Å². The van der Waals surface area contributed by atoms with Crippen molar-refractivity contribution in [2.45, 2.75) is 69.7 Å². The van der Waals surface area contributed by atoms with Crippen LogP contribution in [0.3, 0.4) is 0 Å². The minimum Gasteiger partial charge on any atom is -0.389 e. The molecule has 0 radical (unpaired) electrons. The molecule has 40 heavy (non-hydrogen) atoms. The molecule has 2 unspecified atom stereocenters. The zero-order valence-corrected chi connectivity index (χ0v) is 23.2. The van der Waals surface area contributed by atoms with Gasteiger partial charge in [0.05, 0.1) is 18.2 Å². The van der Waals surface area contributed by atoms with Gasteiger partial charge < -0.3 is 20.6 Å². The number of rotatable bonds is 9. The summed E-state index contributed by atoms with van der Waals surface area (Å²) in [4.78, 5) is 33.3. The van der Waals surface area contributed by atoms with E-state index in [1.807, 2.05) is 42.6 Å². The molecule has 5 rings (SSSR count). The topological polar surface area (TPSA) is 94.6 Å². The van der Waals surface area contributed by atoms with Crippen molar-refractivity contribution in [1.29, 1.82) is 0 Å². The van der Waals surface area contributed by atoms with Gasteiger partial charge in [0.2, 0.25) is 0 Å². The lowest BCUT2D eigenvalue weighted by Crippen LogP contribution is -2.52. The van der Waals surface area contributed by atoms with E-state index in [9.17, 15) is 23.5 Å². The minimum absolute atomic E-state index is 0.0355. The summed E-state index contributed by atoms with van der Waals surface area (Å²) in [7, 11) is 0. The number of hydrogen-bond donors (Lipinski definition) is 3. The summed E-state index contributed by atoms with van der Waals surface area (Å²) in [6.45, 7) is 3.17. The molecule has 0 spiro atoms. The number of aryl methyl sites for hydroxylation is 1. The van der Waals surface area contributed by atoms with Crippen LogP contribution in [0.4, 0.5) is 8.78 Å². The highest BCUT2D eigenvalue weighted by Crippen LogP contribution is 2.35. The van der Waals surface area contributed by atoms with Crippen molar-refractivity contribution in [2.24, 2.45) is 0 Å². The first-order chi connectivity index (χ1) is 19.3. The van der Waals surface area contributed by atoms with Gasteiger partial charge in [0.15, 0.2) is 0 Å². The predicted molar refractivity (Wildman–Crippen MR) is 150 cm³/mol. The first-order valence-corrected chi connectivity index (χ1v) is 14.6. The fraction of sp³-hybridized carbons (Fsp3) is 0.433. The summed E-state index contributed by atoms with van der Waals surface area (Å²) >= 11 is 1.48. The number of alkyl halides is 2. The molecule has 4 atom stereocenters. The van der Waals surface area contributed by atoms with Gasteiger partial charge in [0, 0.05) is 40.4 Å². The van der Waals surface area contributed by atoms with E-state index in [0.717, 1.165) is 54.6 Å². The molecule has 0 saturated carbocycles. The molecule has 2 aliphatic rings. The molecule has 2 aromatic carbocycles. The van der Waals surface area contributed by atoms with E-state index in [1.165, 1.54) is 23.5 Å². The van der Waals surface area contributed by atoms with E-state index in [1.54, 1.807) is 4.90 Å². The van der Waals surface area contributed by atoms with Gasteiger partial charge in [-0.05, 0) is 69.3 Å². The first kappa shape index (κ1) is 28.3. The second kappa shape index (κ2) is 12.5. The number of aliphatic hydroxyl groups excluding tert-OH is 1. The van der Waals surface area contributed by atoms with Crippen molar-refractivity contribution in [3.8, 4) is 0 Å². The number of hydrogen-bond acceptors (Lipinski definition) is 6. The lowest BCUT2D eigenvalue weighted by atomic mass is 9.95. The molecule has 2 saturated heterocycles.